The van der Waals surface area contributed by atoms with Crippen LogP contribution in [-0.2, 0) is 14.9 Å². The molecule has 1 heterocycles. The van der Waals surface area contributed by atoms with Gasteiger partial charge in [-0.1, -0.05) is 49.1 Å². The average Bonchev–Trinajstić information content (AvgIpc) is 2.80. The van der Waals surface area contributed by atoms with Crippen LogP contribution in [0.3, 0.4) is 0 Å². The summed E-state index contributed by atoms with van der Waals surface area (Å²) in [4.78, 5) is 27.9. The first-order chi connectivity index (χ1) is 14.6. The highest BCUT2D eigenvalue weighted by molar-refractivity contribution is 6.00. The van der Waals surface area contributed by atoms with Crippen molar-refractivity contribution in [3.05, 3.63) is 65.2 Å². The number of nitrogens with one attached hydrogen (secondary N) is 1. The number of carbonyl (C=O) groups is 2. The van der Waals surface area contributed by atoms with Crippen LogP contribution >= 0.6 is 0 Å². The maximum absolute atomic E-state index is 13.5. The zero-order valence-corrected chi connectivity index (χ0v) is 17.7. The molecule has 1 saturated heterocycles. The number of carbonyl (C=O) groups excluding carboxylic acids is 2. The fourth-order valence-electron chi connectivity index (χ4n) is 4.64. The lowest BCUT2D eigenvalue weighted by atomic mass is 9.68. The van der Waals surface area contributed by atoms with Gasteiger partial charge in [-0.3, -0.25) is 9.59 Å². The van der Waals surface area contributed by atoms with Gasteiger partial charge in [-0.2, -0.15) is 0 Å². The van der Waals surface area contributed by atoms with Crippen molar-refractivity contribution >= 4 is 17.5 Å². The third kappa shape index (κ3) is 4.26. The molecule has 0 bridgehead atoms. The van der Waals surface area contributed by atoms with Crippen LogP contribution in [-0.4, -0.2) is 43.0 Å². The molecule has 0 unspecified atom stereocenters. The summed E-state index contributed by atoms with van der Waals surface area (Å²) in [6.07, 6.45) is 5.05. The summed E-state index contributed by atoms with van der Waals surface area (Å²) in [5.74, 6) is 0.0692. The number of hydrogen-bond acceptors (Lipinski definition) is 3. The number of anilines is 1. The standard InChI is InChI=1S/C25H30N2O3/c1-19-6-5-7-21(18-19)25(12-3-2-4-13-25)24(29)26-22-10-8-20(9-11-22)23(28)27-14-16-30-17-15-27/h5-11,18H,2-4,12-17H2,1H3,(H,26,29). The van der Waals surface area contributed by atoms with Crippen LogP contribution in [0.25, 0.3) is 0 Å². The molecule has 1 N–H and O–H groups in total. The van der Waals surface area contributed by atoms with Crippen LogP contribution in [0.15, 0.2) is 48.5 Å². The van der Waals surface area contributed by atoms with Gasteiger partial charge in [0, 0.05) is 24.3 Å². The number of hydrogen-bond donors (Lipinski definition) is 1. The minimum Gasteiger partial charge on any atom is -0.378 e. The molecular formula is C25H30N2O3. The highest BCUT2D eigenvalue weighted by Gasteiger charge is 2.41. The molecule has 158 valence electrons. The predicted molar refractivity (Wildman–Crippen MR) is 118 cm³/mol. The molecule has 5 heteroatoms. The Balaban J connectivity index is 1.50. The molecule has 1 saturated carbocycles. The maximum Gasteiger partial charge on any atom is 0.254 e. The van der Waals surface area contributed by atoms with Crippen LogP contribution in [0, 0.1) is 6.92 Å². The average molecular weight is 407 g/mol. The van der Waals surface area contributed by atoms with E-state index in [1.54, 1.807) is 12.1 Å². The number of amides is 2. The van der Waals surface area contributed by atoms with E-state index in [2.05, 4.69) is 30.4 Å². The van der Waals surface area contributed by atoms with Gasteiger partial charge < -0.3 is 15.0 Å². The van der Waals surface area contributed by atoms with E-state index < -0.39 is 5.41 Å². The molecule has 2 aromatic rings. The molecular weight excluding hydrogens is 376 g/mol. The van der Waals surface area contributed by atoms with Crippen LogP contribution in [0.4, 0.5) is 5.69 Å². The molecule has 1 aliphatic heterocycles. The molecule has 4 rings (SSSR count). The first-order valence-corrected chi connectivity index (χ1v) is 10.9. The van der Waals surface area contributed by atoms with Crippen molar-refractivity contribution in [3.63, 3.8) is 0 Å². The second kappa shape index (κ2) is 9.00. The molecule has 0 atom stereocenters. The van der Waals surface area contributed by atoms with Crippen molar-refractivity contribution in [2.24, 2.45) is 0 Å². The first-order valence-electron chi connectivity index (χ1n) is 10.9. The normalized spacial score (nSPS) is 18.6. The number of ether oxygens (including phenoxy) is 1. The summed E-state index contributed by atoms with van der Waals surface area (Å²) in [5.41, 5.74) is 3.18. The zero-order chi connectivity index (χ0) is 21.0. The Morgan fingerprint density at radius 1 is 0.967 bits per heavy atom. The minimum absolute atomic E-state index is 0.0136. The first kappa shape index (κ1) is 20.6. The van der Waals surface area contributed by atoms with E-state index in [4.69, 9.17) is 4.74 Å². The number of rotatable bonds is 4. The van der Waals surface area contributed by atoms with Crippen molar-refractivity contribution in [3.8, 4) is 0 Å². The number of nitrogens with zero attached hydrogens (tertiary/aromatic N) is 1. The molecule has 2 amide bonds. The Labute approximate surface area is 178 Å². The molecule has 2 fully saturated rings. The van der Waals surface area contributed by atoms with Crippen molar-refractivity contribution < 1.29 is 14.3 Å². The van der Waals surface area contributed by atoms with E-state index >= 15 is 0 Å². The number of morpholine rings is 1. The lowest BCUT2D eigenvalue weighted by molar-refractivity contribution is -0.122. The molecule has 30 heavy (non-hydrogen) atoms. The Kier molecular flexibility index (Phi) is 6.18. The van der Waals surface area contributed by atoms with Crippen molar-refractivity contribution in [2.45, 2.75) is 44.4 Å². The van der Waals surface area contributed by atoms with Crippen LogP contribution in [0.1, 0.15) is 53.6 Å². The van der Waals surface area contributed by atoms with Gasteiger partial charge in [0.2, 0.25) is 5.91 Å². The Hall–Kier alpha value is -2.66. The van der Waals surface area contributed by atoms with Gasteiger partial charge in [0.05, 0.1) is 18.6 Å². The summed E-state index contributed by atoms with van der Waals surface area (Å²) < 4.78 is 5.32. The quantitative estimate of drug-likeness (QED) is 0.823. The molecule has 0 radical (unpaired) electrons. The van der Waals surface area contributed by atoms with Gasteiger partial charge in [0.15, 0.2) is 0 Å². The second-order valence-corrected chi connectivity index (χ2v) is 8.45. The van der Waals surface area contributed by atoms with E-state index in [1.807, 2.05) is 23.1 Å². The summed E-state index contributed by atoms with van der Waals surface area (Å²) in [6, 6.07) is 15.6. The predicted octanol–water partition coefficient (Wildman–Crippen LogP) is 4.31. The largest absolute Gasteiger partial charge is 0.378 e. The van der Waals surface area contributed by atoms with E-state index in [0.717, 1.165) is 36.9 Å². The summed E-state index contributed by atoms with van der Waals surface area (Å²) in [6.45, 7) is 4.48. The smallest absolute Gasteiger partial charge is 0.254 e. The van der Waals surface area contributed by atoms with Gasteiger partial charge in [-0.05, 0) is 49.6 Å². The number of benzene rings is 2. The number of aryl methyl sites for hydroxylation is 1. The van der Waals surface area contributed by atoms with Gasteiger partial charge in [-0.25, -0.2) is 0 Å². The molecule has 5 nitrogen and oxygen atoms in total. The SMILES string of the molecule is Cc1cccc(C2(C(=O)Nc3ccc(C(=O)N4CCOCC4)cc3)CCCCC2)c1. The third-order valence-electron chi connectivity index (χ3n) is 6.40. The highest BCUT2D eigenvalue weighted by atomic mass is 16.5. The Morgan fingerprint density at radius 2 is 1.67 bits per heavy atom. The summed E-state index contributed by atoms with van der Waals surface area (Å²) in [7, 11) is 0. The van der Waals surface area contributed by atoms with Crippen molar-refractivity contribution in [1.29, 1.82) is 0 Å². The topological polar surface area (TPSA) is 58.6 Å². The van der Waals surface area contributed by atoms with Crippen LogP contribution < -0.4 is 5.32 Å². The minimum atomic E-state index is -0.480. The second-order valence-electron chi connectivity index (χ2n) is 8.45. The van der Waals surface area contributed by atoms with E-state index in [-0.39, 0.29) is 11.8 Å². The van der Waals surface area contributed by atoms with Gasteiger partial charge in [-0.15, -0.1) is 0 Å². The molecule has 2 aliphatic rings. The fourth-order valence-corrected chi connectivity index (χ4v) is 4.64. The van der Waals surface area contributed by atoms with E-state index in [0.29, 0.717) is 31.9 Å². The molecule has 0 spiro atoms. The highest BCUT2D eigenvalue weighted by Crippen LogP contribution is 2.40. The zero-order valence-electron chi connectivity index (χ0n) is 17.7. The van der Waals surface area contributed by atoms with E-state index in [1.165, 1.54) is 12.0 Å². The van der Waals surface area contributed by atoms with Gasteiger partial charge in [0.1, 0.15) is 0 Å². The summed E-state index contributed by atoms with van der Waals surface area (Å²) >= 11 is 0. The molecule has 0 aromatic heterocycles. The third-order valence-corrected chi connectivity index (χ3v) is 6.40. The van der Waals surface area contributed by atoms with Gasteiger partial charge >= 0.3 is 0 Å². The monoisotopic (exact) mass is 406 g/mol. The van der Waals surface area contributed by atoms with Crippen molar-refractivity contribution in [2.75, 3.05) is 31.6 Å². The van der Waals surface area contributed by atoms with Crippen LogP contribution in [0.5, 0.6) is 0 Å². The lowest BCUT2D eigenvalue weighted by Gasteiger charge is -2.36. The van der Waals surface area contributed by atoms with Crippen molar-refractivity contribution in [1.82, 2.24) is 4.90 Å². The lowest BCUT2D eigenvalue weighted by Crippen LogP contribution is -2.42. The molecule has 1 aliphatic carbocycles. The Bertz CT molecular complexity index is 895. The Morgan fingerprint density at radius 3 is 2.33 bits per heavy atom. The molecule has 2 aromatic carbocycles. The van der Waals surface area contributed by atoms with E-state index in [9.17, 15) is 9.59 Å². The maximum atomic E-state index is 13.5. The van der Waals surface area contributed by atoms with Gasteiger partial charge in [0.25, 0.3) is 5.91 Å². The summed E-state index contributed by atoms with van der Waals surface area (Å²) in [5, 5.41) is 3.13. The fraction of sp³-hybridized carbons (Fsp3) is 0.440. The van der Waals surface area contributed by atoms with Crippen LogP contribution in [0.2, 0.25) is 0 Å².